The third-order valence-corrected chi connectivity index (χ3v) is 2.50. The molecule has 1 aromatic rings. The van der Waals surface area contributed by atoms with Gasteiger partial charge in [0.1, 0.15) is 0 Å². The minimum Gasteiger partial charge on any atom is -0.481 e. The number of carboxylic acid groups (broad SMARTS) is 1. The van der Waals surface area contributed by atoms with E-state index in [1.54, 1.807) is 10.9 Å². The molecule has 1 amide bonds. The van der Waals surface area contributed by atoms with E-state index >= 15 is 0 Å². The Morgan fingerprint density at radius 1 is 1.71 bits per heavy atom. The highest BCUT2D eigenvalue weighted by Crippen LogP contribution is 2.07. The molecule has 0 radical (unpaired) electrons. The number of nitrogens with one attached hydrogen (secondary N) is 1. The van der Waals surface area contributed by atoms with Crippen LogP contribution in [-0.2, 0) is 22.6 Å². The molecular formula is C11H17N3O3. The molecule has 0 saturated heterocycles. The van der Waals surface area contributed by atoms with Gasteiger partial charge in [0.25, 0.3) is 0 Å². The number of carbonyl (C=O) groups excluding carboxylic acids is 1. The molecule has 6 heteroatoms. The van der Waals surface area contributed by atoms with Crippen LogP contribution in [0.4, 0.5) is 0 Å². The molecule has 1 heterocycles. The van der Waals surface area contributed by atoms with Gasteiger partial charge in [-0.3, -0.25) is 14.3 Å². The standard InChI is InChI=1S/C11H17N3O3/c1-2-14-7-9(6-13-14)5-10(12-8-15)3-4-11(16)17/h6-8,10H,2-5H2,1H3,(H,12,15)(H,16,17). The summed E-state index contributed by atoms with van der Waals surface area (Å²) in [7, 11) is 0. The van der Waals surface area contributed by atoms with Crippen LogP contribution < -0.4 is 5.32 Å². The summed E-state index contributed by atoms with van der Waals surface area (Å²) in [5.74, 6) is -0.855. The molecule has 0 aromatic carbocycles. The zero-order chi connectivity index (χ0) is 12.7. The smallest absolute Gasteiger partial charge is 0.303 e. The number of rotatable bonds is 8. The van der Waals surface area contributed by atoms with Gasteiger partial charge in [-0.15, -0.1) is 0 Å². The molecule has 0 bridgehead atoms. The molecule has 0 saturated carbocycles. The number of aromatic nitrogens is 2. The molecule has 0 spiro atoms. The zero-order valence-corrected chi connectivity index (χ0v) is 9.80. The zero-order valence-electron chi connectivity index (χ0n) is 9.80. The molecule has 1 atom stereocenters. The first-order chi connectivity index (χ1) is 8.15. The highest BCUT2D eigenvalue weighted by molar-refractivity contribution is 5.66. The van der Waals surface area contributed by atoms with Gasteiger partial charge < -0.3 is 10.4 Å². The second-order valence-corrected chi connectivity index (χ2v) is 3.82. The van der Waals surface area contributed by atoms with E-state index in [9.17, 15) is 9.59 Å². The predicted octanol–water partition coefficient (Wildman–Crippen LogP) is 0.425. The van der Waals surface area contributed by atoms with Crippen LogP contribution in [0, 0.1) is 0 Å². The summed E-state index contributed by atoms with van der Waals surface area (Å²) in [5.41, 5.74) is 0.997. The van der Waals surface area contributed by atoms with Crippen molar-refractivity contribution < 1.29 is 14.7 Å². The van der Waals surface area contributed by atoms with Crippen molar-refractivity contribution >= 4 is 12.4 Å². The minimum atomic E-state index is -0.855. The number of carbonyl (C=O) groups is 2. The van der Waals surface area contributed by atoms with E-state index in [2.05, 4.69) is 10.4 Å². The Morgan fingerprint density at radius 2 is 2.47 bits per heavy atom. The first kappa shape index (κ1) is 13.2. The van der Waals surface area contributed by atoms with Crippen LogP contribution in [-0.4, -0.2) is 33.3 Å². The summed E-state index contributed by atoms with van der Waals surface area (Å²) in [6.45, 7) is 2.78. The summed E-state index contributed by atoms with van der Waals surface area (Å²) in [4.78, 5) is 20.9. The highest BCUT2D eigenvalue weighted by Gasteiger charge is 2.11. The van der Waals surface area contributed by atoms with Gasteiger partial charge in [-0.2, -0.15) is 5.10 Å². The lowest BCUT2D eigenvalue weighted by atomic mass is 10.0. The van der Waals surface area contributed by atoms with Crippen LogP contribution >= 0.6 is 0 Å². The largest absolute Gasteiger partial charge is 0.481 e. The molecule has 17 heavy (non-hydrogen) atoms. The Balaban J connectivity index is 2.52. The maximum absolute atomic E-state index is 10.5. The van der Waals surface area contributed by atoms with Crippen molar-refractivity contribution in [3.8, 4) is 0 Å². The SMILES string of the molecule is CCn1cc(CC(CCC(=O)O)NC=O)cn1. The molecule has 0 aliphatic carbocycles. The minimum absolute atomic E-state index is 0.0490. The molecule has 1 rings (SSSR count). The summed E-state index contributed by atoms with van der Waals surface area (Å²) in [6, 6.07) is -0.155. The molecular weight excluding hydrogens is 222 g/mol. The number of aliphatic carboxylic acids is 1. The Bertz CT molecular complexity index is 376. The molecule has 1 aromatic heterocycles. The van der Waals surface area contributed by atoms with E-state index in [1.807, 2.05) is 13.1 Å². The highest BCUT2D eigenvalue weighted by atomic mass is 16.4. The second kappa shape index (κ2) is 6.67. The van der Waals surface area contributed by atoms with E-state index in [4.69, 9.17) is 5.11 Å². The summed E-state index contributed by atoms with van der Waals surface area (Å²) >= 11 is 0. The van der Waals surface area contributed by atoms with Crippen LogP contribution in [0.5, 0.6) is 0 Å². The average molecular weight is 239 g/mol. The second-order valence-electron chi connectivity index (χ2n) is 3.82. The number of hydrogen-bond acceptors (Lipinski definition) is 3. The maximum atomic E-state index is 10.5. The van der Waals surface area contributed by atoms with Crippen molar-refractivity contribution in [2.45, 2.75) is 38.8 Å². The van der Waals surface area contributed by atoms with Gasteiger partial charge in [0.15, 0.2) is 0 Å². The van der Waals surface area contributed by atoms with Gasteiger partial charge >= 0.3 is 5.97 Å². The number of carboxylic acids is 1. The van der Waals surface area contributed by atoms with E-state index in [-0.39, 0.29) is 12.5 Å². The summed E-state index contributed by atoms with van der Waals surface area (Å²) in [6.07, 6.45) is 5.32. The monoisotopic (exact) mass is 239 g/mol. The van der Waals surface area contributed by atoms with Gasteiger partial charge in [-0.25, -0.2) is 0 Å². The Hall–Kier alpha value is -1.85. The van der Waals surface area contributed by atoms with Gasteiger partial charge in [-0.05, 0) is 25.3 Å². The maximum Gasteiger partial charge on any atom is 0.303 e. The number of hydrogen-bond donors (Lipinski definition) is 2. The van der Waals surface area contributed by atoms with Gasteiger partial charge in [0.2, 0.25) is 6.41 Å². The van der Waals surface area contributed by atoms with Crippen molar-refractivity contribution in [3.63, 3.8) is 0 Å². The van der Waals surface area contributed by atoms with E-state index < -0.39 is 5.97 Å². The van der Waals surface area contributed by atoms with Crippen molar-refractivity contribution in [1.82, 2.24) is 15.1 Å². The molecule has 2 N–H and O–H groups in total. The first-order valence-electron chi connectivity index (χ1n) is 5.58. The Labute approximate surface area is 99.6 Å². The number of aryl methyl sites for hydroxylation is 1. The van der Waals surface area contributed by atoms with Crippen molar-refractivity contribution in [2.24, 2.45) is 0 Å². The average Bonchev–Trinajstić information content (AvgIpc) is 2.74. The normalized spacial score (nSPS) is 12.1. The first-order valence-corrected chi connectivity index (χ1v) is 5.58. The molecule has 6 nitrogen and oxygen atoms in total. The van der Waals surface area contributed by atoms with Gasteiger partial charge in [0, 0.05) is 25.2 Å². The Morgan fingerprint density at radius 3 is 3.00 bits per heavy atom. The van der Waals surface area contributed by atoms with Gasteiger partial charge in [0.05, 0.1) is 6.20 Å². The fourth-order valence-corrected chi connectivity index (χ4v) is 1.61. The molecule has 0 fully saturated rings. The fraction of sp³-hybridized carbons (Fsp3) is 0.545. The van der Waals surface area contributed by atoms with Crippen LogP contribution in [0.3, 0.4) is 0 Å². The predicted molar refractivity (Wildman–Crippen MR) is 61.5 cm³/mol. The van der Waals surface area contributed by atoms with Crippen LogP contribution in [0.2, 0.25) is 0 Å². The lowest BCUT2D eigenvalue weighted by Gasteiger charge is -2.13. The summed E-state index contributed by atoms with van der Waals surface area (Å²) < 4.78 is 1.80. The van der Waals surface area contributed by atoms with Gasteiger partial charge in [-0.1, -0.05) is 0 Å². The molecule has 0 aliphatic heterocycles. The lowest BCUT2D eigenvalue weighted by molar-refractivity contribution is -0.137. The van der Waals surface area contributed by atoms with Crippen molar-refractivity contribution in [2.75, 3.05) is 0 Å². The third-order valence-electron chi connectivity index (χ3n) is 2.50. The van der Waals surface area contributed by atoms with E-state index in [1.165, 1.54) is 0 Å². The Kier molecular flexibility index (Phi) is 5.19. The third kappa shape index (κ3) is 4.67. The molecule has 94 valence electrons. The molecule has 0 aliphatic rings. The quantitative estimate of drug-likeness (QED) is 0.644. The lowest BCUT2D eigenvalue weighted by Crippen LogP contribution is -2.30. The van der Waals surface area contributed by atoms with E-state index in [0.717, 1.165) is 12.1 Å². The van der Waals surface area contributed by atoms with E-state index in [0.29, 0.717) is 19.3 Å². The number of amides is 1. The molecule has 1 unspecified atom stereocenters. The fourth-order valence-electron chi connectivity index (χ4n) is 1.61. The summed E-state index contributed by atoms with van der Waals surface area (Å²) in [5, 5.41) is 15.4. The van der Waals surface area contributed by atoms with Crippen LogP contribution in [0.15, 0.2) is 12.4 Å². The van der Waals surface area contributed by atoms with Crippen molar-refractivity contribution in [1.29, 1.82) is 0 Å². The van der Waals surface area contributed by atoms with Crippen LogP contribution in [0.1, 0.15) is 25.3 Å². The van der Waals surface area contributed by atoms with Crippen LogP contribution in [0.25, 0.3) is 0 Å². The van der Waals surface area contributed by atoms with Crippen molar-refractivity contribution in [3.05, 3.63) is 18.0 Å². The number of nitrogens with zero attached hydrogens (tertiary/aromatic N) is 2. The topological polar surface area (TPSA) is 84.2 Å².